The summed E-state index contributed by atoms with van der Waals surface area (Å²) in [6, 6.07) is 10.4. The number of thiazole rings is 1. The van der Waals surface area contributed by atoms with Crippen molar-refractivity contribution in [3.8, 4) is 0 Å². The minimum absolute atomic E-state index is 0.0740. The van der Waals surface area contributed by atoms with Gasteiger partial charge < -0.3 is 9.84 Å². The molecule has 0 radical (unpaired) electrons. The molecule has 1 aliphatic rings. The molecule has 1 fully saturated rings. The van der Waals surface area contributed by atoms with Crippen molar-refractivity contribution >= 4 is 39.9 Å². The number of esters is 1. The molecular formula is C29H29FN2O5S. The standard InChI is InChI=1S/C29H29FN2O5S/c1-7-37-27(36)25-16(3)31-28(38-25)32-22(17-10-12-19(13-11-17)29(4,5)6)21(24(34)26(32)35)23(33)18-9-8-15(2)20(30)14-18/h8-14,22,33H,7H2,1-6H3/b23-21+. The molecule has 2 heterocycles. The number of amides is 1. The first-order valence-electron chi connectivity index (χ1n) is 12.2. The molecule has 7 nitrogen and oxygen atoms in total. The van der Waals surface area contributed by atoms with Crippen LogP contribution in [0.1, 0.15) is 71.4 Å². The average Bonchev–Trinajstić information content (AvgIpc) is 3.37. The van der Waals surface area contributed by atoms with Gasteiger partial charge in [-0.15, -0.1) is 0 Å². The van der Waals surface area contributed by atoms with Gasteiger partial charge in [0.05, 0.1) is 23.9 Å². The van der Waals surface area contributed by atoms with E-state index in [4.69, 9.17) is 4.74 Å². The van der Waals surface area contributed by atoms with Crippen LogP contribution in [0, 0.1) is 19.7 Å². The minimum atomic E-state index is -1.05. The molecule has 1 amide bonds. The molecule has 1 atom stereocenters. The first-order valence-corrected chi connectivity index (χ1v) is 13.0. The molecule has 0 spiro atoms. The van der Waals surface area contributed by atoms with Gasteiger partial charge in [0.15, 0.2) is 5.13 Å². The van der Waals surface area contributed by atoms with Crippen LogP contribution in [-0.2, 0) is 19.7 Å². The van der Waals surface area contributed by atoms with Crippen molar-refractivity contribution in [1.29, 1.82) is 0 Å². The van der Waals surface area contributed by atoms with Crippen molar-refractivity contribution < 1.29 is 28.6 Å². The molecule has 1 N–H and O–H groups in total. The van der Waals surface area contributed by atoms with E-state index in [0.29, 0.717) is 16.8 Å². The lowest BCUT2D eigenvalue weighted by molar-refractivity contribution is -0.132. The lowest BCUT2D eigenvalue weighted by atomic mass is 9.85. The number of aryl methyl sites for hydroxylation is 2. The second kappa shape index (κ2) is 10.1. The predicted octanol–water partition coefficient (Wildman–Crippen LogP) is 6.00. The van der Waals surface area contributed by atoms with Crippen molar-refractivity contribution in [1.82, 2.24) is 4.98 Å². The number of hydrogen-bond donors (Lipinski definition) is 1. The highest BCUT2D eigenvalue weighted by molar-refractivity contribution is 7.17. The first-order chi connectivity index (χ1) is 17.8. The normalized spacial score (nSPS) is 17.2. The van der Waals surface area contributed by atoms with Crippen LogP contribution in [-0.4, -0.2) is 34.4 Å². The number of aromatic nitrogens is 1. The zero-order valence-electron chi connectivity index (χ0n) is 22.1. The van der Waals surface area contributed by atoms with Crippen LogP contribution < -0.4 is 4.90 Å². The van der Waals surface area contributed by atoms with Crippen LogP contribution in [0.25, 0.3) is 5.76 Å². The molecule has 0 saturated carbocycles. The maximum atomic E-state index is 14.4. The molecule has 38 heavy (non-hydrogen) atoms. The van der Waals surface area contributed by atoms with Gasteiger partial charge in [-0.25, -0.2) is 14.2 Å². The Hall–Kier alpha value is -3.85. The zero-order chi connectivity index (χ0) is 27.9. The summed E-state index contributed by atoms with van der Waals surface area (Å²) in [5.74, 6) is -3.46. The predicted molar refractivity (Wildman–Crippen MR) is 144 cm³/mol. The van der Waals surface area contributed by atoms with E-state index in [1.807, 2.05) is 12.1 Å². The van der Waals surface area contributed by atoms with Gasteiger partial charge in [-0.1, -0.05) is 68.5 Å². The van der Waals surface area contributed by atoms with Gasteiger partial charge in [0, 0.05) is 5.56 Å². The fraction of sp³-hybridized carbons (Fsp3) is 0.310. The number of aliphatic hydroxyl groups is 1. The zero-order valence-corrected chi connectivity index (χ0v) is 22.9. The van der Waals surface area contributed by atoms with Crippen molar-refractivity contribution in [2.24, 2.45) is 0 Å². The van der Waals surface area contributed by atoms with Gasteiger partial charge in [0.25, 0.3) is 5.78 Å². The summed E-state index contributed by atoms with van der Waals surface area (Å²) >= 11 is 0.933. The summed E-state index contributed by atoms with van der Waals surface area (Å²) in [6.07, 6.45) is 0. The monoisotopic (exact) mass is 536 g/mol. The van der Waals surface area contributed by atoms with Crippen molar-refractivity contribution in [2.45, 2.75) is 53.0 Å². The highest BCUT2D eigenvalue weighted by Crippen LogP contribution is 2.44. The van der Waals surface area contributed by atoms with E-state index in [1.165, 1.54) is 17.0 Å². The van der Waals surface area contributed by atoms with Crippen LogP contribution in [0.5, 0.6) is 0 Å². The van der Waals surface area contributed by atoms with Crippen LogP contribution in [0.15, 0.2) is 48.0 Å². The van der Waals surface area contributed by atoms with Crippen LogP contribution in [0.3, 0.4) is 0 Å². The molecule has 4 rings (SSSR count). The summed E-state index contributed by atoms with van der Waals surface area (Å²) in [7, 11) is 0. The smallest absolute Gasteiger partial charge is 0.350 e. The Morgan fingerprint density at radius 2 is 1.79 bits per heavy atom. The number of carbonyl (C=O) groups is 3. The third kappa shape index (κ3) is 4.86. The number of ketones is 1. The number of anilines is 1. The Morgan fingerprint density at radius 3 is 2.37 bits per heavy atom. The molecule has 9 heteroatoms. The average molecular weight is 537 g/mol. The second-order valence-electron chi connectivity index (χ2n) is 10.1. The lowest BCUT2D eigenvalue weighted by Crippen LogP contribution is -2.29. The number of aliphatic hydroxyl groups excluding tert-OH is 1. The number of Topliss-reactive ketones (excluding diaryl/α,β-unsaturated/α-hetero) is 1. The van der Waals surface area contributed by atoms with Crippen LogP contribution >= 0.6 is 11.3 Å². The van der Waals surface area contributed by atoms with Gasteiger partial charge >= 0.3 is 11.9 Å². The van der Waals surface area contributed by atoms with E-state index in [0.717, 1.165) is 23.0 Å². The maximum absolute atomic E-state index is 14.4. The molecule has 198 valence electrons. The number of nitrogens with zero attached hydrogens (tertiary/aromatic N) is 2. The first kappa shape index (κ1) is 27.2. The number of halogens is 1. The highest BCUT2D eigenvalue weighted by atomic mass is 32.1. The quantitative estimate of drug-likeness (QED) is 0.186. The van der Waals surface area contributed by atoms with Crippen molar-refractivity contribution in [3.05, 3.63) is 86.7 Å². The van der Waals surface area contributed by atoms with E-state index in [1.54, 1.807) is 32.9 Å². The molecule has 3 aromatic rings. The van der Waals surface area contributed by atoms with Crippen molar-refractivity contribution in [3.63, 3.8) is 0 Å². The molecule has 0 aliphatic carbocycles. The van der Waals surface area contributed by atoms with E-state index in [2.05, 4.69) is 25.8 Å². The van der Waals surface area contributed by atoms with Crippen molar-refractivity contribution in [2.75, 3.05) is 11.5 Å². The van der Waals surface area contributed by atoms with E-state index in [9.17, 15) is 23.9 Å². The Bertz CT molecular complexity index is 1470. The van der Waals surface area contributed by atoms with Gasteiger partial charge in [-0.05, 0) is 48.9 Å². The Morgan fingerprint density at radius 1 is 1.13 bits per heavy atom. The van der Waals surface area contributed by atoms with E-state index < -0.39 is 35.3 Å². The summed E-state index contributed by atoms with van der Waals surface area (Å²) in [4.78, 5) is 45.0. The SMILES string of the molecule is CCOC(=O)c1sc(N2C(=O)C(=O)/C(=C(/O)c3ccc(C)c(F)c3)C2c2ccc(C(C)(C)C)cc2)nc1C. The summed E-state index contributed by atoms with van der Waals surface area (Å²) in [5.41, 5.74) is 2.07. The number of rotatable bonds is 5. The third-order valence-corrected chi connectivity index (χ3v) is 7.57. The molecule has 1 aromatic heterocycles. The summed E-state index contributed by atoms with van der Waals surface area (Å²) in [5, 5.41) is 11.4. The molecule has 0 bridgehead atoms. The molecular weight excluding hydrogens is 507 g/mol. The second-order valence-corrected chi connectivity index (χ2v) is 11.1. The Balaban J connectivity index is 1.92. The van der Waals surface area contributed by atoms with Gasteiger partial charge in [0.2, 0.25) is 0 Å². The number of benzene rings is 2. The maximum Gasteiger partial charge on any atom is 0.350 e. The van der Waals surface area contributed by atoms with Gasteiger partial charge in [0.1, 0.15) is 16.5 Å². The Labute approximate surface area is 224 Å². The van der Waals surface area contributed by atoms with Gasteiger partial charge in [-0.3, -0.25) is 14.5 Å². The molecule has 2 aromatic carbocycles. The Kier molecular flexibility index (Phi) is 7.25. The van der Waals surface area contributed by atoms with Gasteiger partial charge in [-0.2, -0.15) is 0 Å². The molecule has 1 unspecified atom stereocenters. The third-order valence-electron chi connectivity index (χ3n) is 6.43. The largest absolute Gasteiger partial charge is 0.507 e. The lowest BCUT2D eigenvalue weighted by Gasteiger charge is -2.24. The molecule has 1 aliphatic heterocycles. The number of ether oxygens (including phenoxy) is 1. The fourth-order valence-corrected chi connectivity index (χ4v) is 5.26. The fourth-order valence-electron chi connectivity index (χ4n) is 4.28. The van der Waals surface area contributed by atoms with E-state index in [-0.39, 0.29) is 33.2 Å². The highest BCUT2D eigenvalue weighted by Gasteiger charge is 2.48. The minimum Gasteiger partial charge on any atom is -0.507 e. The topological polar surface area (TPSA) is 96.8 Å². The molecule has 1 saturated heterocycles. The van der Waals surface area contributed by atoms with E-state index >= 15 is 0 Å². The van der Waals surface area contributed by atoms with Crippen LogP contribution in [0.4, 0.5) is 9.52 Å². The summed E-state index contributed by atoms with van der Waals surface area (Å²) in [6.45, 7) is 11.2. The summed E-state index contributed by atoms with van der Waals surface area (Å²) < 4.78 is 19.5. The van der Waals surface area contributed by atoms with Crippen LogP contribution in [0.2, 0.25) is 0 Å². The number of hydrogen-bond acceptors (Lipinski definition) is 7. The number of carbonyl (C=O) groups excluding carboxylic acids is 3.